The molecule has 0 radical (unpaired) electrons. The lowest BCUT2D eigenvalue weighted by Crippen LogP contribution is -2.47. The Bertz CT molecular complexity index is 180. The second kappa shape index (κ2) is 6.02. The topological polar surface area (TPSA) is 46.3 Å². The second-order valence-corrected chi connectivity index (χ2v) is 4.36. The standard InChI is InChI=1S/C11H24N2O/c1-6-7-9(4)13(5)11(14)10(12)8(2)3/h8-10H,6-7,12H2,1-5H3/t9?,10-/m0/s1. The number of hydrogen-bond donors (Lipinski definition) is 1. The first-order valence-corrected chi connectivity index (χ1v) is 5.44. The minimum atomic E-state index is -0.362. The molecule has 0 rings (SSSR count). The monoisotopic (exact) mass is 200 g/mol. The van der Waals surface area contributed by atoms with E-state index in [0.717, 1.165) is 12.8 Å². The summed E-state index contributed by atoms with van der Waals surface area (Å²) in [5, 5.41) is 0. The number of carbonyl (C=O) groups is 1. The number of rotatable bonds is 5. The summed E-state index contributed by atoms with van der Waals surface area (Å²) < 4.78 is 0. The van der Waals surface area contributed by atoms with Gasteiger partial charge in [0.15, 0.2) is 0 Å². The Labute approximate surface area is 87.6 Å². The molecule has 0 saturated carbocycles. The van der Waals surface area contributed by atoms with E-state index >= 15 is 0 Å². The van der Waals surface area contributed by atoms with E-state index in [2.05, 4.69) is 13.8 Å². The highest BCUT2D eigenvalue weighted by molar-refractivity contribution is 5.81. The van der Waals surface area contributed by atoms with Crippen molar-refractivity contribution in [3.05, 3.63) is 0 Å². The van der Waals surface area contributed by atoms with Crippen LogP contribution in [0.25, 0.3) is 0 Å². The molecule has 0 aliphatic rings. The molecule has 1 amide bonds. The third-order valence-corrected chi connectivity index (χ3v) is 2.72. The Kier molecular flexibility index (Phi) is 5.77. The van der Waals surface area contributed by atoms with Gasteiger partial charge in [0.2, 0.25) is 5.91 Å². The summed E-state index contributed by atoms with van der Waals surface area (Å²) in [5.74, 6) is 0.264. The summed E-state index contributed by atoms with van der Waals surface area (Å²) in [6, 6.07) is -0.0726. The van der Waals surface area contributed by atoms with Gasteiger partial charge < -0.3 is 10.6 Å². The van der Waals surface area contributed by atoms with Gasteiger partial charge in [0.25, 0.3) is 0 Å². The van der Waals surface area contributed by atoms with Crippen LogP contribution in [-0.2, 0) is 4.79 Å². The summed E-state index contributed by atoms with van der Waals surface area (Å²) in [4.78, 5) is 13.6. The molecular weight excluding hydrogens is 176 g/mol. The lowest BCUT2D eigenvalue weighted by molar-refractivity contribution is -0.134. The molecule has 0 aliphatic carbocycles. The second-order valence-electron chi connectivity index (χ2n) is 4.36. The molecule has 1 unspecified atom stereocenters. The van der Waals surface area contributed by atoms with Gasteiger partial charge in [-0.05, 0) is 19.3 Å². The number of nitrogens with two attached hydrogens (primary N) is 1. The normalized spacial score (nSPS) is 15.4. The zero-order valence-corrected chi connectivity index (χ0v) is 10.1. The maximum Gasteiger partial charge on any atom is 0.239 e. The van der Waals surface area contributed by atoms with E-state index in [4.69, 9.17) is 5.73 Å². The van der Waals surface area contributed by atoms with Crippen LogP contribution in [0.2, 0.25) is 0 Å². The molecule has 0 aromatic rings. The van der Waals surface area contributed by atoms with E-state index in [1.54, 1.807) is 4.90 Å². The molecule has 0 saturated heterocycles. The molecule has 0 heterocycles. The van der Waals surface area contributed by atoms with E-state index in [-0.39, 0.29) is 23.9 Å². The number of nitrogens with zero attached hydrogens (tertiary/aromatic N) is 1. The van der Waals surface area contributed by atoms with Gasteiger partial charge in [-0.2, -0.15) is 0 Å². The zero-order valence-electron chi connectivity index (χ0n) is 10.1. The Morgan fingerprint density at radius 1 is 1.36 bits per heavy atom. The molecule has 2 N–H and O–H groups in total. The van der Waals surface area contributed by atoms with Crippen molar-refractivity contribution in [1.29, 1.82) is 0 Å². The van der Waals surface area contributed by atoms with Gasteiger partial charge in [-0.1, -0.05) is 27.2 Å². The molecule has 2 atom stereocenters. The van der Waals surface area contributed by atoms with Crippen LogP contribution in [-0.4, -0.2) is 29.9 Å². The fraction of sp³-hybridized carbons (Fsp3) is 0.909. The average molecular weight is 200 g/mol. The summed E-state index contributed by atoms with van der Waals surface area (Å²) >= 11 is 0. The van der Waals surface area contributed by atoms with Gasteiger partial charge in [0.05, 0.1) is 6.04 Å². The van der Waals surface area contributed by atoms with Crippen LogP contribution >= 0.6 is 0 Å². The molecule has 0 bridgehead atoms. The Morgan fingerprint density at radius 2 is 1.86 bits per heavy atom. The molecule has 0 fully saturated rings. The van der Waals surface area contributed by atoms with Crippen LogP contribution in [0, 0.1) is 5.92 Å². The van der Waals surface area contributed by atoms with Crippen molar-refractivity contribution in [1.82, 2.24) is 4.90 Å². The highest BCUT2D eigenvalue weighted by atomic mass is 16.2. The Balaban J connectivity index is 4.23. The first-order chi connectivity index (χ1) is 6.41. The largest absolute Gasteiger partial charge is 0.342 e. The first-order valence-electron chi connectivity index (χ1n) is 5.44. The molecule has 3 heteroatoms. The maximum atomic E-state index is 11.8. The molecular formula is C11H24N2O. The first kappa shape index (κ1) is 13.4. The number of hydrogen-bond acceptors (Lipinski definition) is 2. The number of carbonyl (C=O) groups excluding carboxylic acids is 1. The Morgan fingerprint density at radius 3 is 2.21 bits per heavy atom. The third kappa shape index (κ3) is 3.66. The molecule has 14 heavy (non-hydrogen) atoms. The molecule has 0 aliphatic heterocycles. The van der Waals surface area contributed by atoms with Crippen LogP contribution in [0.5, 0.6) is 0 Å². The van der Waals surface area contributed by atoms with Crippen molar-refractivity contribution in [2.75, 3.05) is 7.05 Å². The Hall–Kier alpha value is -0.570. The third-order valence-electron chi connectivity index (χ3n) is 2.72. The summed E-state index contributed by atoms with van der Waals surface area (Å²) in [6.45, 7) is 8.13. The van der Waals surface area contributed by atoms with Gasteiger partial charge in [0.1, 0.15) is 0 Å². The summed E-state index contributed by atoms with van der Waals surface area (Å²) in [5.41, 5.74) is 5.80. The molecule has 0 spiro atoms. The van der Waals surface area contributed by atoms with Crippen molar-refractivity contribution < 1.29 is 4.79 Å². The van der Waals surface area contributed by atoms with Crippen LogP contribution in [0.3, 0.4) is 0 Å². The van der Waals surface area contributed by atoms with E-state index < -0.39 is 0 Å². The molecule has 3 nitrogen and oxygen atoms in total. The highest BCUT2D eigenvalue weighted by Crippen LogP contribution is 2.08. The van der Waals surface area contributed by atoms with Crippen LogP contribution < -0.4 is 5.73 Å². The van der Waals surface area contributed by atoms with Crippen molar-refractivity contribution in [2.45, 2.75) is 52.6 Å². The highest BCUT2D eigenvalue weighted by Gasteiger charge is 2.23. The van der Waals surface area contributed by atoms with Crippen LogP contribution in [0.1, 0.15) is 40.5 Å². The number of likely N-dealkylation sites (N-methyl/N-ethyl adjacent to an activating group) is 1. The van der Waals surface area contributed by atoms with Crippen molar-refractivity contribution in [3.8, 4) is 0 Å². The predicted octanol–water partition coefficient (Wildman–Crippen LogP) is 1.62. The maximum absolute atomic E-state index is 11.8. The van der Waals surface area contributed by atoms with Gasteiger partial charge in [-0.3, -0.25) is 4.79 Å². The average Bonchev–Trinajstić information content (AvgIpc) is 2.14. The quantitative estimate of drug-likeness (QED) is 0.733. The van der Waals surface area contributed by atoms with Crippen LogP contribution in [0.15, 0.2) is 0 Å². The van der Waals surface area contributed by atoms with Crippen molar-refractivity contribution in [3.63, 3.8) is 0 Å². The van der Waals surface area contributed by atoms with E-state index in [1.807, 2.05) is 20.9 Å². The summed E-state index contributed by atoms with van der Waals surface area (Å²) in [7, 11) is 1.84. The lowest BCUT2D eigenvalue weighted by atomic mass is 10.0. The van der Waals surface area contributed by atoms with Crippen molar-refractivity contribution >= 4 is 5.91 Å². The SMILES string of the molecule is CCCC(C)N(C)C(=O)[C@@H](N)C(C)C. The number of amides is 1. The van der Waals surface area contributed by atoms with Gasteiger partial charge in [0, 0.05) is 13.1 Å². The summed E-state index contributed by atoms with van der Waals surface area (Å²) in [6.07, 6.45) is 2.13. The fourth-order valence-electron chi connectivity index (χ4n) is 1.35. The lowest BCUT2D eigenvalue weighted by Gasteiger charge is -2.28. The van der Waals surface area contributed by atoms with E-state index in [1.165, 1.54) is 0 Å². The van der Waals surface area contributed by atoms with E-state index in [0.29, 0.717) is 0 Å². The predicted molar refractivity (Wildman–Crippen MR) is 60.0 cm³/mol. The molecule has 84 valence electrons. The van der Waals surface area contributed by atoms with Crippen molar-refractivity contribution in [2.24, 2.45) is 11.7 Å². The van der Waals surface area contributed by atoms with Gasteiger partial charge in [-0.25, -0.2) is 0 Å². The minimum absolute atomic E-state index is 0.0564. The molecule has 0 aromatic carbocycles. The van der Waals surface area contributed by atoms with E-state index in [9.17, 15) is 4.79 Å². The molecule has 0 aromatic heterocycles. The minimum Gasteiger partial charge on any atom is -0.342 e. The van der Waals surface area contributed by atoms with Gasteiger partial charge >= 0.3 is 0 Å². The van der Waals surface area contributed by atoms with Gasteiger partial charge in [-0.15, -0.1) is 0 Å². The fourth-order valence-corrected chi connectivity index (χ4v) is 1.35. The smallest absolute Gasteiger partial charge is 0.239 e. The van der Waals surface area contributed by atoms with Crippen LogP contribution in [0.4, 0.5) is 0 Å². The zero-order chi connectivity index (χ0) is 11.3.